The Kier molecular flexibility index (Phi) is 4.99. The average Bonchev–Trinajstić information content (AvgIpc) is 2.44. The molecule has 1 aromatic heterocycles. The van der Waals surface area contributed by atoms with Crippen molar-refractivity contribution in [3.63, 3.8) is 0 Å². The molecule has 5 heteroatoms. The first-order chi connectivity index (χ1) is 9.24. The van der Waals surface area contributed by atoms with Crippen LogP contribution in [0.2, 0.25) is 0 Å². The highest BCUT2D eigenvalue weighted by Gasteiger charge is 2.09. The van der Waals surface area contributed by atoms with Crippen molar-refractivity contribution in [2.75, 3.05) is 24.2 Å². The Morgan fingerprint density at radius 2 is 2.11 bits per heavy atom. The Morgan fingerprint density at radius 3 is 2.84 bits per heavy atom. The van der Waals surface area contributed by atoms with Gasteiger partial charge in [-0.25, -0.2) is 9.97 Å². The molecule has 1 unspecified atom stereocenters. The van der Waals surface area contributed by atoms with Gasteiger partial charge in [-0.05, 0) is 18.9 Å². The summed E-state index contributed by atoms with van der Waals surface area (Å²) in [5.74, 6) is 1.78. The second kappa shape index (κ2) is 6.73. The summed E-state index contributed by atoms with van der Waals surface area (Å²) in [6.07, 6.45) is 0. The van der Waals surface area contributed by atoms with E-state index in [0.29, 0.717) is 5.95 Å². The Hall–Kier alpha value is -1.33. The molecule has 1 aromatic carbocycles. The molecule has 0 aliphatic heterocycles. The number of benzene rings is 1. The van der Waals surface area contributed by atoms with E-state index in [2.05, 4.69) is 15.3 Å². The van der Waals surface area contributed by atoms with Gasteiger partial charge in [-0.3, -0.25) is 0 Å². The lowest BCUT2D eigenvalue weighted by molar-refractivity contribution is 0.250. The summed E-state index contributed by atoms with van der Waals surface area (Å²) >= 11 is 1.67. The average molecular weight is 277 g/mol. The SMILES string of the molecule is CCNc1nc(SCC(C)CO)c2ccccc2n1. The van der Waals surface area contributed by atoms with E-state index in [-0.39, 0.29) is 12.5 Å². The van der Waals surface area contributed by atoms with Gasteiger partial charge >= 0.3 is 0 Å². The zero-order valence-corrected chi connectivity index (χ0v) is 12.1. The number of hydrogen-bond donors (Lipinski definition) is 2. The summed E-state index contributed by atoms with van der Waals surface area (Å²) in [7, 11) is 0. The van der Waals surface area contributed by atoms with Crippen LogP contribution in [0.5, 0.6) is 0 Å². The van der Waals surface area contributed by atoms with Crippen LogP contribution in [0.15, 0.2) is 29.3 Å². The first-order valence-electron chi connectivity index (χ1n) is 6.49. The van der Waals surface area contributed by atoms with E-state index in [4.69, 9.17) is 5.11 Å². The minimum atomic E-state index is 0.204. The van der Waals surface area contributed by atoms with Gasteiger partial charge in [0.2, 0.25) is 5.95 Å². The lowest BCUT2D eigenvalue weighted by Gasteiger charge is -2.10. The first-order valence-corrected chi connectivity index (χ1v) is 7.47. The number of aliphatic hydroxyl groups is 1. The minimum absolute atomic E-state index is 0.204. The number of rotatable bonds is 6. The molecule has 2 aromatic rings. The van der Waals surface area contributed by atoms with E-state index in [0.717, 1.165) is 28.2 Å². The van der Waals surface area contributed by atoms with Crippen LogP contribution in [0, 0.1) is 5.92 Å². The number of para-hydroxylation sites is 1. The third kappa shape index (κ3) is 3.58. The molecule has 0 spiro atoms. The highest BCUT2D eigenvalue weighted by atomic mass is 32.2. The number of anilines is 1. The molecule has 4 nitrogen and oxygen atoms in total. The van der Waals surface area contributed by atoms with E-state index in [1.807, 2.05) is 38.1 Å². The number of aromatic nitrogens is 2. The van der Waals surface area contributed by atoms with Crippen molar-refractivity contribution in [2.24, 2.45) is 5.92 Å². The Balaban J connectivity index is 2.33. The van der Waals surface area contributed by atoms with E-state index in [9.17, 15) is 0 Å². The molecule has 0 aliphatic carbocycles. The summed E-state index contributed by atoms with van der Waals surface area (Å²) in [5.41, 5.74) is 0.951. The lowest BCUT2D eigenvalue weighted by Crippen LogP contribution is -2.06. The number of aliphatic hydroxyl groups excluding tert-OH is 1. The summed E-state index contributed by atoms with van der Waals surface area (Å²) in [6, 6.07) is 8.02. The van der Waals surface area contributed by atoms with Crippen LogP contribution in [0.25, 0.3) is 10.9 Å². The fraction of sp³-hybridized carbons (Fsp3) is 0.429. The maximum absolute atomic E-state index is 9.11. The van der Waals surface area contributed by atoms with Gasteiger partial charge in [-0.1, -0.05) is 25.1 Å². The fourth-order valence-corrected chi connectivity index (χ4v) is 2.70. The largest absolute Gasteiger partial charge is 0.396 e. The molecule has 0 radical (unpaired) electrons. The third-order valence-corrected chi connectivity index (χ3v) is 4.04. The van der Waals surface area contributed by atoms with Crippen LogP contribution in [0.4, 0.5) is 5.95 Å². The number of hydrogen-bond acceptors (Lipinski definition) is 5. The van der Waals surface area contributed by atoms with Gasteiger partial charge in [0.25, 0.3) is 0 Å². The zero-order chi connectivity index (χ0) is 13.7. The van der Waals surface area contributed by atoms with E-state index in [1.165, 1.54) is 0 Å². The number of fused-ring (bicyclic) bond motifs is 1. The molecule has 1 heterocycles. The third-order valence-electron chi connectivity index (χ3n) is 2.72. The molecular formula is C14H19N3OS. The molecule has 0 fully saturated rings. The van der Waals surface area contributed by atoms with Gasteiger partial charge in [0.15, 0.2) is 0 Å². The second-order valence-corrected chi connectivity index (χ2v) is 5.51. The van der Waals surface area contributed by atoms with Gasteiger partial charge in [0.05, 0.1) is 5.52 Å². The number of thioether (sulfide) groups is 1. The Morgan fingerprint density at radius 1 is 1.32 bits per heavy atom. The van der Waals surface area contributed by atoms with Crippen LogP contribution < -0.4 is 5.32 Å². The van der Waals surface area contributed by atoms with Crippen LogP contribution >= 0.6 is 11.8 Å². The second-order valence-electron chi connectivity index (χ2n) is 4.50. The maximum atomic E-state index is 9.11. The van der Waals surface area contributed by atoms with Crippen LogP contribution in [0.1, 0.15) is 13.8 Å². The van der Waals surface area contributed by atoms with Crippen LogP contribution in [0.3, 0.4) is 0 Å². The van der Waals surface area contributed by atoms with E-state index < -0.39 is 0 Å². The summed E-state index contributed by atoms with van der Waals surface area (Å²) < 4.78 is 0. The van der Waals surface area contributed by atoms with Crippen molar-refractivity contribution >= 4 is 28.6 Å². The maximum Gasteiger partial charge on any atom is 0.224 e. The lowest BCUT2D eigenvalue weighted by atomic mass is 10.2. The topological polar surface area (TPSA) is 58.0 Å². The van der Waals surface area contributed by atoms with Crippen molar-refractivity contribution in [1.82, 2.24) is 9.97 Å². The monoisotopic (exact) mass is 277 g/mol. The Labute approximate surface area is 117 Å². The van der Waals surface area contributed by atoms with Crippen molar-refractivity contribution in [2.45, 2.75) is 18.9 Å². The van der Waals surface area contributed by atoms with Crippen molar-refractivity contribution in [1.29, 1.82) is 0 Å². The van der Waals surface area contributed by atoms with Gasteiger partial charge in [0, 0.05) is 24.3 Å². The predicted molar refractivity (Wildman–Crippen MR) is 80.7 cm³/mol. The normalized spacial score (nSPS) is 12.6. The molecule has 0 bridgehead atoms. The van der Waals surface area contributed by atoms with Crippen molar-refractivity contribution in [3.05, 3.63) is 24.3 Å². The Bertz CT molecular complexity index is 547. The van der Waals surface area contributed by atoms with Crippen molar-refractivity contribution in [3.8, 4) is 0 Å². The molecule has 2 rings (SSSR count). The first kappa shape index (κ1) is 14.1. The minimum Gasteiger partial charge on any atom is -0.396 e. The highest BCUT2D eigenvalue weighted by Crippen LogP contribution is 2.27. The van der Waals surface area contributed by atoms with Crippen LogP contribution in [-0.4, -0.2) is 34.0 Å². The highest BCUT2D eigenvalue weighted by molar-refractivity contribution is 7.99. The van der Waals surface area contributed by atoms with Gasteiger partial charge in [0.1, 0.15) is 5.03 Å². The molecule has 0 saturated heterocycles. The molecular weight excluding hydrogens is 258 g/mol. The van der Waals surface area contributed by atoms with Gasteiger partial charge in [-0.15, -0.1) is 11.8 Å². The molecule has 19 heavy (non-hydrogen) atoms. The molecule has 102 valence electrons. The van der Waals surface area contributed by atoms with Crippen molar-refractivity contribution < 1.29 is 5.11 Å². The standard InChI is InChI=1S/C14H19N3OS/c1-3-15-14-16-12-7-5-4-6-11(12)13(17-14)19-9-10(2)8-18/h4-7,10,18H,3,8-9H2,1-2H3,(H,15,16,17). The summed E-state index contributed by atoms with van der Waals surface area (Å²) in [5, 5.41) is 14.3. The van der Waals surface area contributed by atoms with E-state index >= 15 is 0 Å². The smallest absolute Gasteiger partial charge is 0.224 e. The molecule has 1 atom stereocenters. The molecule has 0 amide bonds. The van der Waals surface area contributed by atoms with Gasteiger partial charge in [-0.2, -0.15) is 0 Å². The summed E-state index contributed by atoms with van der Waals surface area (Å²) in [6.45, 7) is 5.06. The molecule has 0 saturated carbocycles. The predicted octanol–water partition coefficient (Wildman–Crippen LogP) is 2.78. The molecule has 2 N–H and O–H groups in total. The zero-order valence-electron chi connectivity index (χ0n) is 11.3. The summed E-state index contributed by atoms with van der Waals surface area (Å²) in [4.78, 5) is 9.04. The molecule has 0 aliphatic rings. The van der Waals surface area contributed by atoms with Gasteiger partial charge < -0.3 is 10.4 Å². The van der Waals surface area contributed by atoms with E-state index in [1.54, 1.807) is 11.8 Å². The number of nitrogens with zero attached hydrogens (tertiary/aromatic N) is 2. The van der Waals surface area contributed by atoms with Crippen LogP contribution in [-0.2, 0) is 0 Å². The fourth-order valence-electron chi connectivity index (χ4n) is 1.67. The number of nitrogens with one attached hydrogen (secondary N) is 1. The quantitative estimate of drug-likeness (QED) is 0.628.